The van der Waals surface area contributed by atoms with E-state index in [0.717, 1.165) is 22.3 Å². The van der Waals surface area contributed by atoms with E-state index in [2.05, 4.69) is 28.1 Å². The molecule has 152 valence electrons. The standard InChI is InChI=1S/C24H20BrNO4/c25-21-12-6-5-11-20(21)24(26,13-22(27)28)23(29)30-14-19-17-9-3-1-7-15(17)16-8-2-4-10-18(16)19/h1-12,19H,13-14,26H2,(H,27,28)/t24-/m1/s1. The molecule has 0 saturated heterocycles. The molecule has 3 N–H and O–H groups in total. The largest absolute Gasteiger partial charge is 0.481 e. The molecule has 4 rings (SSSR count). The molecule has 1 atom stereocenters. The summed E-state index contributed by atoms with van der Waals surface area (Å²) in [5.41, 5.74) is 9.32. The number of esters is 1. The summed E-state index contributed by atoms with van der Waals surface area (Å²) in [5.74, 6) is -2.07. The quantitative estimate of drug-likeness (QED) is 0.525. The summed E-state index contributed by atoms with van der Waals surface area (Å²) in [6.45, 7) is 0.0792. The van der Waals surface area contributed by atoms with E-state index in [9.17, 15) is 14.7 Å². The van der Waals surface area contributed by atoms with Gasteiger partial charge in [-0.05, 0) is 33.9 Å². The van der Waals surface area contributed by atoms with E-state index in [4.69, 9.17) is 10.5 Å². The average molecular weight is 466 g/mol. The maximum absolute atomic E-state index is 13.1. The molecule has 3 aromatic rings. The number of rotatable bonds is 6. The lowest BCUT2D eigenvalue weighted by Gasteiger charge is -2.28. The zero-order valence-corrected chi connectivity index (χ0v) is 17.6. The number of carbonyl (C=O) groups excluding carboxylic acids is 1. The van der Waals surface area contributed by atoms with E-state index < -0.39 is 23.9 Å². The van der Waals surface area contributed by atoms with Crippen LogP contribution < -0.4 is 5.73 Å². The Balaban J connectivity index is 1.63. The lowest BCUT2D eigenvalue weighted by Crippen LogP contribution is -2.48. The van der Waals surface area contributed by atoms with Gasteiger partial charge in [0.05, 0.1) is 6.42 Å². The van der Waals surface area contributed by atoms with Crippen LogP contribution in [0.25, 0.3) is 11.1 Å². The number of halogens is 1. The van der Waals surface area contributed by atoms with Crippen LogP contribution in [0.3, 0.4) is 0 Å². The summed E-state index contributed by atoms with van der Waals surface area (Å²) in [6, 6.07) is 22.9. The van der Waals surface area contributed by atoms with Crippen molar-refractivity contribution in [2.75, 3.05) is 6.61 Å². The number of ether oxygens (including phenoxy) is 1. The van der Waals surface area contributed by atoms with E-state index in [1.165, 1.54) is 0 Å². The molecule has 0 aromatic heterocycles. The molecule has 1 aliphatic carbocycles. The number of nitrogens with two attached hydrogens (primary N) is 1. The van der Waals surface area contributed by atoms with E-state index in [1.807, 2.05) is 36.4 Å². The topological polar surface area (TPSA) is 89.6 Å². The molecule has 0 radical (unpaired) electrons. The number of carboxylic acid groups (broad SMARTS) is 1. The molecule has 0 amide bonds. The number of hydrogen-bond donors (Lipinski definition) is 2. The second-order valence-electron chi connectivity index (χ2n) is 7.35. The van der Waals surface area contributed by atoms with Crippen molar-refractivity contribution in [1.82, 2.24) is 0 Å². The maximum atomic E-state index is 13.1. The molecule has 0 heterocycles. The fourth-order valence-corrected chi connectivity index (χ4v) is 4.70. The molecule has 30 heavy (non-hydrogen) atoms. The maximum Gasteiger partial charge on any atom is 0.331 e. The van der Waals surface area contributed by atoms with Gasteiger partial charge in [-0.2, -0.15) is 0 Å². The van der Waals surface area contributed by atoms with Crippen molar-refractivity contribution in [1.29, 1.82) is 0 Å². The Morgan fingerprint density at radius 3 is 2.03 bits per heavy atom. The Labute approximate surface area is 182 Å². The molecule has 5 nitrogen and oxygen atoms in total. The molecular weight excluding hydrogens is 446 g/mol. The summed E-state index contributed by atoms with van der Waals surface area (Å²) in [4.78, 5) is 24.6. The first-order valence-corrected chi connectivity index (χ1v) is 10.3. The molecule has 6 heteroatoms. The number of carbonyl (C=O) groups is 2. The summed E-state index contributed by atoms with van der Waals surface area (Å²) >= 11 is 3.37. The van der Waals surface area contributed by atoms with Gasteiger partial charge in [0, 0.05) is 10.4 Å². The molecule has 0 spiro atoms. The third-order valence-electron chi connectivity index (χ3n) is 5.49. The van der Waals surface area contributed by atoms with Gasteiger partial charge in [0.2, 0.25) is 0 Å². The zero-order valence-electron chi connectivity index (χ0n) is 16.0. The van der Waals surface area contributed by atoms with Gasteiger partial charge in [0.25, 0.3) is 0 Å². The number of carboxylic acids is 1. The number of aliphatic carboxylic acids is 1. The molecule has 0 fully saturated rings. The van der Waals surface area contributed by atoms with Crippen molar-refractivity contribution in [3.8, 4) is 11.1 Å². The molecule has 0 bridgehead atoms. The lowest BCUT2D eigenvalue weighted by atomic mass is 9.87. The Bertz CT molecular complexity index is 1080. The van der Waals surface area contributed by atoms with Gasteiger partial charge in [-0.15, -0.1) is 0 Å². The normalized spacial score (nSPS) is 14.5. The van der Waals surface area contributed by atoms with Crippen LogP contribution in [-0.4, -0.2) is 23.7 Å². The molecule has 0 aliphatic heterocycles. The summed E-state index contributed by atoms with van der Waals surface area (Å²) < 4.78 is 6.22. The third kappa shape index (κ3) is 3.53. The van der Waals surface area contributed by atoms with Crippen molar-refractivity contribution in [3.05, 3.63) is 94.0 Å². The van der Waals surface area contributed by atoms with Gasteiger partial charge in [-0.25, -0.2) is 4.79 Å². The lowest BCUT2D eigenvalue weighted by molar-refractivity contribution is -0.155. The van der Waals surface area contributed by atoms with Gasteiger partial charge >= 0.3 is 11.9 Å². The zero-order chi connectivity index (χ0) is 21.3. The second kappa shape index (κ2) is 8.05. The van der Waals surface area contributed by atoms with Crippen LogP contribution in [0.1, 0.15) is 29.0 Å². The Morgan fingerprint density at radius 2 is 1.47 bits per heavy atom. The highest BCUT2D eigenvalue weighted by atomic mass is 79.9. The minimum Gasteiger partial charge on any atom is -0.481 e. The van der Waals surface area contributed by atoms with Crippen molar-refractivity contribution < 1.29 is 19.4 Å². The number of fused-ring (bicyclic) bond motifs is 3. The molecule has 0 saturated carbocycles. The van der Waals surface area contributed by atoms with Gasteiger partial charge in [0.1, 0.15) is 6.61 Å². The first-order valence-electron chi connectivity index (χ1n) is 9.53. The molecule has 3 aromatic carbocycles. The van der Waals surface area contributed by atoms with Crippen molar-refractivity contribution in [2.45, 2.75) is 17.9 Å². The third-order valence-corrected chi connectivity index (χ3v) is 6.18. The van der Waals surface area contributed by atoms with Gasteiger partial charge in [-0.1, -0.05) is 82.7 Å². The molecule has 1 aliphatic rings. The predicted octanol–water partition coefficient (Wildman–Crippen LogP) is 4.43. The van der Waals surface area contributed by atoms with E-state index in [0.29, 0.717) is 10.0 Å². The molecule has 0 unspecified atom stereocenters. The van der Waals surface area contributed by atoms with Crippen LogP contribution in [0, 0.1) is 0 Å². The highest BCUT2D eigenvalue weighted by Gasteiger charge is 2.42. The van der Waals surface area contributed by atoms with E-state index in [-0.39, 0.29) is 12.5 Å². The SMILES string of the molecule is N[C@@](CC(=O)O)(C(=O)OCC1c2ccccc2-c2ccccc21)c1ccccc1Br. The van der Waals surface area contributed by atoms with Crippen molar-refractivity contribution in [2.24, 2.45) is 5.73 Å². The predicted molar refractivity (Wildman–Crippen MR) is 117 cm³/mol. The number of benzene rings is 3. The fraction of sp³-hybridized carbons (Fsp3) is 0.167. The smallest absolute Gasteiger partial charge is 0.331 e. The Kier molecular flexibility index (Phi) is 5.45. The minimum atomic E-state index is -1.80. The van der Waals surface area contributed by atoms with E-state index in [1.54, 1.807) is 24.3 Å². The Hall–Kier alpha value is -2.96. The van der Waals surface area contributed by atoms with Crippen LogP contribution in [0.15, 0.2) is 77.3 Å². The minimum absolute atomic E-state index is 0.0792. The summed E-state index contributed by atoms with van der Waals surface area (Å²) in [6.07, 6.45) is -0.577. The average Bonchev–Trinajstić information content (AvgIpc) is 3.05. The summed E-state index contributed by atoms with van der Waals surface area (Å²) in [7, 11) is 0. The van der Waals surface area contributed by atoms with Crippen LogP contribution in [0.2, 0.25) is 0 Å². The highest BCUT2D eigenvalue weighted by Crippen LogP contribution is 2.44. The summed E-state index contributed by atoms with van der Waals surface area (Å²) in [5, 5.41) is 9.39. The van der Waals surface area contributed by atoms with E-state index >= 15 is 0 Å². The highest BCUT2D eigenvalue weighted by molar-refractivity contribution is 9.10. The van der Waals surface area contributed by atoms with Crippen molar-refractivity contribution >= 4 is 27.9 Å². The number of hydrogen-bond acceptors (Lipinski definition) is 4. The van der Waals surface area contributed by atoms with Crippen LogP contribution in [0.5, 0.6) is 0 Å². The van der Waals surface area contributed by atoms with Gasteiger partial charge < -0.3 is 15.6 Å². The first-order chi connectivity index (χ1) is 14.4. The van der Waals surface area contributed by atoms with Crippen molar-refractivity contribution in [3.63, 3.8) is 0 Å². The second-order valence-corrected chi connectivity index (χ2v) is 8.20. The Morgan fingerprint density at radius 1 is 0.933 bits per heavy atom. The van der Waals surface area contributed by atoms with Gasteiger partial charge in [0.15, 0.2) is 5.54 Å². The first kappa shape index (κ1) is 20.3. The van der Waals surface area contributed by atoms with Gasteiger partial charge in [-0.3, -0.25) is 4.79 Å². The van der Waals surface area contributed by atoms with Crippen LogP contribution in [-0.2, 0) is 19.9 Å². The monoisotopic (exact) mass is 465 g/mol. The van der Waals surface area contributed by atoms with Crippen LogP contribution >= 0.6 is 15.9 Å². The molecular formula is C24H20BrNO4. The van der Waals surface area contributed by atoms with Crippen LogP contribution in [0.4, 0.5) is 0 Å². The fourth-order valence-electron chi connectivity index (χ4n) is 4.07.